The first-order chi connectivity index (χ1) is 14.7. The maximum absolute atomic E-state index is 13.1. The van der Waals surface area contributed by atoms with Gasteiger partial charge in [-0.2, -0.15) is 0 Å². The van der Waals surface area contributed by atoms with E-state index in [9.17, 15) is 23.2 Å². The maximum atomic E-state index is 13.1. The van der Waals surface area contributed by atoms with Crippen molar-refractivity contribution in [1.82, 2.24) is 9.55 Å². The third-order valence-corrected chi connectivity index (χ3v) is 5.56. The highest BCUT2D eigenvalue weighted by molar-refractivity contribution is 7.20. The molecule has 4 rings (SSSR count). The van der Waals surface area contributed by atoms with Gasteiger partial charge in [0, 0.05) is 11.8 Å². The van der Waals surface area contributed by atoms with E-state index in [-0.39, 0.29) is 40.6 Å². The number of rotatable bonds is 5. The third kappa shape index (κ3) is 3.93. The molecule has 0 spiro atoms. The third-order valence-electron chi connectivity index (χ3n) is 4.38. The minimum absolute atomic E-state index is 0.154. The summed E-state index contributed by atoms with van der Waals surface area (Å²) in [5, 5.41) is 2.73. The van der Waals surface area contributed by atoms with Gasteiger partial charge in [0.2, 0.25) is 5.91 Å². The van der Waals surface area contributed by atoms with Crippen molar-refractivity contribution in [1.29, 1.82) is 0 Å². The number of nitrogens with one attached hydrogen (secondary N) is 1. The lowest BCUT2D eigenvalue weighted by atomic mass is 10.2. The van der Waals surface area contributed by atoms with Gasteiger partial charge in [-0.15, -0.1) is 20.1 Å². The number of thiophene rings is 1. The SMILES string of the molecule is CCOC(=O)c1sc2ncn(CC(=O)Nc3ccc4c(c3)OC(F)(F)O4)c(=O)c2c1C. The molecule has 1 aliphatic heterocycles. The number of hydrogen-bond donors (Lipinski definition) is 1. The van der Waals surface area contributed by atoms with Gasteiger partial charge in [0.05, 0.1) is 18.3 Å². The number of nitrogens with zero attached hydrogens (tertiary/aromatic N) is 2. The molecule has 1 N–H and O–H groups in total. The van der Waals surface area contributed by atoms with E-state index in [4.69, 9.17) is 4.74 Å². The van der Waals surface area contributed by atoms with E-state index >= 15 is 0 Å². The van der Waals surface area contributed by atoms with Crippen molar-refractivity contribution in [3.05, 3.63) is 45.3 Å². The van der Waals surface area contributed by atoms with Crippen molar-refractivity contribution >= 4 is 39.1 Å². The van der Waals surface area contributed by atoms with Crippen LogP contribution in [0, 0.1) is 6.92 Å². The Bertz CT molecular complexity index is 1270. The molecule has 0 saturated heterocycles. The second kappa shape index (κ2) is 7.61. The summed E-state index contributed by atoms with van der Waals surface area (Å²) in [6.45, 7) is 3.11. The molecule has 12 heteroatoms. The molecule has 0 fully saturated rings. The van der Waals surface area contributed by atoms with Crippen LogP contribution in [0.3, 0.4) is 0 Å². The van der Waals surface area contributed by atoms with E-state index in [1.807, 2.05) is 0 Å². The minimum atomic E-state index is -3.76. The Labute approximate surface area is 177 Å². The van der Waals surface area contributed by atoms with E-state index in [0.717, 1.165) is 15.9 Å². The zero-order valence-corrected chi connectivity index (χ0v) is 17.0. The van der Waals surface area contributed by atoms with E-state index in [0.29, 0.717) is 10.4 Å². The molecule has 1 aliphatic rings. The second-order valence-corrected chi connectivity index (χ2v) is 7.51. The maximum Gasteiger partial charge on any atom is 0.586 e. The number of hydrogen-bond acceptors (Lipinski definition) is 8. The molecule has 162 valence electrons. The first-order valence-corrected chi connectivity index (χ1v) is 9.85. The molecule has 0 radical (unpaired) electrons. The first-order valence-electron chi connectivity index (χ1n) is 9.04. The van der Waals surface area contributed by atoms with Crippen LogP contribution >= 0.6 is 11.3 Å². The topological polar surface area (TPSA) is 109 Å². The number of anilines is 1. The van der Waals surface area contributed by atoms with E-state index in [1.54, 1.807) is 13.8 Å². The number of esters is 1. The molecular weight excluding hydrogens is 436 g/mol. The average Bonchev–Trinajstić information content (AvgIpc) is 3.19. The number of halogens is 2. The van der Waals surface area contributed by atoms with Crippen LogP contribution in [0.15, 0.2) is 29.3 Å². The van der Waals surface area contributed by atoms with Gasteiger partial charge in [0.25, 0.3) is 5.56 Å². The molecule has 0 unspecified atom stereocenters. The number of carbonyl (C=O) groups excluding carboxylic acids is 2. The number of amides is 1. The number of aromatic nitrogens is 2. The Morgan fingerprint density at radius 1 is 1.29 bits per heavy atom. The highest BCUT2D eigenvalue weighted by atomic mass is 32.1. The Kier molecular flexibility index (Phi) is 5.09. The number of alkyl halides is 2. The monoisotopic (exact) mass is 451 g/mol. The Morgan fingerprint density at radius 3 is 2.77 bits per heavy atom. The fourth-order valence-electron chi connectivity index (χ4n) is 3.05. The van der Waals surface area contributed by atoms with Crippen LogP contribution in [0.2, 0.25) is 0 Å². The lowest BCUT2D eigenvalue weighted by Gasteiger charge is -2.08. The fraction of sp³-hybridized carbons (Fsp3) is 0.263. The van der Waals surface area contributed by atoms with Gasteiger partial charge < -0.3 is 19.5 Å². The van der Waals surface area contributed by atoms with Crippen molar-refractivity contribution < 1.29 is 32.6 Å². The Hall–Kier alpha value is -3.54. The summed E-state index contributed by atoms with van der Waals surface area (Å²) in [5.74, 6) is -1.50. The Balaban J connectivity index is 1.54. The van der Waals surface area contributed by atoms with Gasteiger partial charge in [-0.25, -0.2) is 9.78 Å². The lowest BCUT2D eigenvalue weighted by Crippen LogP contribution is -2.28. The smallest absolute Gasteiger partial charge is 0.462 e. The molecule has 0 bridgehead atoms. The van der Waals surface area contributed by atoms with E-state index in [1.165, 1.54) is 24.5 Å². The van der Waals surface area contributed by atoms with Crippen LogP contribution in [0.1, 0.15) is 22.2 Å². The summed E-state index contributed by atoms with van der Waals surface area (Å²) in [6, 6.07) is 3.78. The molecule has 3 heterocycles. The molecule has 1 aromatic carbocycles. The molecule has 0 aliphatic carbocycles. The zero-order chi connectivity index (χ0) is 22.3. The average molecular weight is 451 g/mol. The molecule has 0 saturated carbocycles. The summed E-state index contributed by atoms with van der Waals surface area (Å²) in [4.78, 5) is 42.1. The summed E-state index contributed by atoms with van der Waals surface area (Å²) in [6.07, 6.45) is -2.56. The van der Waals surface area contributed by atoms with E-state index < -0.39 is 23.7 Å². The summed E-state index contributed by atoms with van der Waals surface area (Å²) >= 11 is 1.04. The number of benzene rings is 1. The number of carbonyl (C=O) groups is 2. The predicted octanol–water partition coefficient (Wildman–Crippen LogP) is 2.90. The van der Waals surface area contributed by atoms with Gasteiger partial charge in [-0.3, -0.25) is 14.2 Å². The van der Waals surface area contributed by atoms with Crippen molar-refractivity contribution in [3.8, 4) is 11.5 Å². The Morgan fingerprint density at radius 2 is 2.03 bits per heavy atom. The molecule has 2 aromatic heterocycles. The molecule has 3 aromatic rings. The van der Waals surface area contributed by atoms with Gasteiger partial charge in [-0.1, -0.05) is 0 Å². The highest BCUT2D eigenvalue weighted by Gasteiger charge is 2.43. The number of fused-ring (bicyclic) bond motifs is 2. The van der Waals surface area contributed by atoms with Crippen LogP contribution in [0.4, 0.5) is 14.5 Å². The van der Waals surface area contributed by atoms with Crippen LogP contribution in [-0.2, 0) is 16.1 Å². The largest absolute Gasteiger partial charge is 0.586 e. The van der Waals surface area contributed by atoms with Gasteiger partial charge >= 0.3 is 12.3 Å². The van der Waals surface area contributed by atoms with Crippen molar-refractivity contribution in [2.75, 3.05) is 11.9 Å². The van der Waals surface area contributed by atoms with Crippen LogP contribution in [0.25, 0.3) is 10.2 Å². The fourth-order valence-corrected chi connectivity index (χ4v) is 4.08. The van der Waals surface area contributed by atoms with Crippen LogP contribution in [0.5, 0.6) is 11.5 Å². The first kappa shape index (κ1) is 20.7. The van der Waals surface area contributed by atoms with Gasteiger partial charge in [0.15, 0.2) is 11.5 Å². The summed E-state index contributed by atoms with van der Waals surface area (Å²) < 4.78 is 40.9. The molecular formula is C19H15F2N3O6S. The number of ether oxygens (including phenoxy) is 3. The molecule has 0 atom stereocenters. The normalized spacial score (nSPS) is 13.9. The van der Waals surface area contributed by atoms with Crippen LogP contribution < -0.4 is 20.3 Å². The van der Waals surface area contributed by atoms with Crippen molar-refractivity contribution in [3.63, 3.8) is 0 Å². The molecule has 31 heavy (non-hydrogen) atoms. The summed E-state index contributed by atoms with van der Waals surface area (Å²) in [7, 11) is 0. The van der Waals surface area contributed by atoms with Gasteiger partial charge in [0.1, 0.15) is 16.3 Å². The summed E-state index contributed by atoms with van der Waals surface area (Å²) in [5.41, 5.74) is 0.126. The zero-order valence-electron chi connectivity index (χ0n) is 16.2. The predicted molar refractivity (Wildman–Crippen MR) is 106 cm³/mol. The quantitative estimate of drug-likeness (QED) is 0.594. The second-order valence-electron chi connectivity index (χ2n) is 6.51. The van der Waals surface area contributed by atoms with Crippen molar-refractivity contribution in [2.24, 2.45) is 0 Å². The lowest BCUT2D eigenvalue weighted by molar-refractivity contribution is -0.286. The molecule has 1 amide bonds. The molecule has 9 nitrogen and oxygen atoms in total. The van der Waals surface area contributed by atoms with E-state index in [2.05, 4.69) is 19.8 Å². The van der Waals surface area contributed by atoms with Crippen LogP contribution in [-0.4, -0.2) is 34.3 Å². The van der Waals surface area contributed by atoms with Gasteiger partial charge in [-0.05, 0) is 31.5 Å². The standard InChI is InChI=1S/C19H15F2N3O6S/c1-3-28-18(27)15-9(2)14-16(31-15)22-8-24(17(14)26)7-13(25)23-10-4-5-11-12(6-10)30-19(20,21)29-11/h4-6,8H,3,7H2,1-2H3,(H,23,25). The highest BCUT2D eigenvalue weighted by Crippen LogP contribution is 2.42. The van der Waals surface area contributed by atoms with Crippen molar-refractivity contribution in [2.45, 2.75) is 26.7 Å². The number of aryl methyl sites for hydroxylation is 1. The minimum Gasteiger partial charge on any atom is -0.462 e.